The minimum Gasteiger partial charge on any atom is -0.459 e. The standard InChI is InChI=1S/C39H73NO14.C36H67NO13/c1-14-27-39(11,48)32(44)22(5)29(42)19(2)16-37(9,47)34(54-36-30(43)26(15-21(4)50-36)40(12)18-20(3)41)23(6)31(24(7)35(46)52-27)53-28-17-38(10,49-13)33(45)25(8)51-28;1-13-24-36(10,44)29(40)19(4)26(38)17(2)15-34(8,43)31(50-33-27(39)23(37-11)14-18(3)46-33)20(5)28(21(6)32(42)48-24)49-25-16-35(9,45-12)30(41)22(7)47-25/h19-34,36,41-45,47-48H,14-18H2,1-13H3;17-31,33,37-41,43-44H,13-16H2,1-12H3/t19-,20+,21-,22+,23+,24-,25+,26+,27-,28+,29+,30-,31+,32-,33+,34-,36+,37-,38-,39-;17-,18-,19+,20+,21-,22+,23+,24-,25+,26+,27-,28+,29-,30+,31-,33+,34-,35-,36-/m11/s1. The molecule has 6 rings (SSSR count). The van der Waals surface area contributed by atoms with Gasteiger partial charge in [-0.1, -0.05) is 55.4 Å². The third kappa shape index (κ3) is 21.4. The molecule has 0 aromatic rings. The van der Waals surface area contributed by atoms with E-state index in [0.717, 1.165) is 0 Å². The van der Waals surface area contributed by atoms with Crippen LogP contribution in [0.15, 0.2) is 0 Å². The van der Waals surface area contributed by atoms with Crippen molar-refractivity contribution in [3.8, 4) is 0 Å². The van der Waals surface area contributed by atoms with E-state index < -0.39 is 228 Å². The number of hydrogen-bond acceptors (Lipinski definition) is 29. The average Bonchev–Trinajstić information content (AvgIpc) is 0.777. The Morgan fingerprint density at radius 1 is 0.510 bits per heavy atom. The maximum Gasteiger partial charge on any atom is 0.311 e. The van der Waals surface area contributed by atoms with Crippen molar-refractivity contribution >= 4 is 11.9 Å². The van der Waals surface area contributed by atoms with Gasteiger partial charge >= 0.3 is 11.9 Å². The van der Waals surface area contributed by atoms with Crippen LogP contribution in [0.5, 0.6) is 0 Å². The maximum atomic E-state index is 14.2. The quantitative estimate of drug-likeness (QED) is 0.0987. The van der Waals surface area contributed by atoms with Gasteiger partial charge in [0.25, 0.3) is 0 Å². The Morgan fingerprint density at radius 2 is 0.865 bits per heavy atom. The van der Waals surface area contributed by atoms with E-state index in [0.29, 0.717) is 12.8 Å². The van der Waals surface area contributed by atoms with Gasteiger partial charge in [-0.05, 0) is 154 Å². The Hall–Kier alpha value is -2.06. The van der Waals surface area contributed by atoms with Crippen LogP contribution in [0.3, 0.4) is 0 Å². The van der Waals surface area contributed by atoms with E-state index in [9.17, 15) is 76.0 Å². The molecule has 29 heteroatoms. The van der Waals surface area contributed by atoms with Gasteiger partial charge in [-0.25, -0.2) is 0 Å². The van der Waals surface area contributed by atoms with Gasteiger partial charge in [-0.3, -0.25) is 14.5 Å². The van der Waals surface area contributed by atoms with Gasteiger partial charge in [-0.15, -0.1) is 0 Å². The fourth-order valence-electron chi connectivity index (χ4n) is 17.5. The van der Waals surface area contributed by atoms with Crippen LogP contribution < -0.4 is 5.32 Å². The molecule has 6 heterocycles. The second-order valence-electron chi connectivity index (χ2n) is 33.6. The van der Waals surface area contributed by atoms with Gasteiger partial charge in [0.2, 0.25) is 0 Å². The number of nitrogens with zero attached hydrogens (tertiary/aromatic N) is 1. The topological polar surface area (TPSA) is 423 Å². The smallest absolute Gasteiger partial charge is 0.311 e. The molecule has 0 saturated carbocycles. The van der Waals surface area contributed by atoms with Crippen LogP contribution in [0.25, 0.3) is 0 Å². The molecule has 0 spiro atoms. The number of nitrogens with one attached hydrogen (secondary N) is 1. The number of esters is 2. The summed E-state index contributed by atoms with van der Waals surface area (Å²) < 4.78 is 74.3. The monoisotopic (exact) mass is 1500 g/mol. The lowest BCUT2D eigenvalue weighted by atomic mass is 9.73. The fourth-order valence-corrected chi connectivity index (χ4v) is 17.5. The first kappa shape index (κ1) is 92.5. The van der Waals surface area contributed by atoms with Crippen LogP contribution in [0.1, 0.15) is 197 Å². The average molecular weight is 1500 g/mol. The third-order valence-electron chi connectivity index (χ3n) is 24.3. The first-order chi connectivity index (χ1) is 47.9. The molecule has 0 unspecified atom stereocenters. The molecular formula is C75H140N2O27. The Balaban J connectivity index is 0.000000375. The highest BCUT2D eigenvalue weighted by molar-refractivity contribution is 5.73. The van der Waals surface area contributed by atoms with Gasteiger partial charge in [0, 0.05) is 69.4 Å². The summed E-state index contributed by atoms with van der Waals surface area (Å²) in [6.07, 6.45) is -22.3. The first-order valence-electron chi connectivity index (χ1n) is 38.0. The van der Waals surface area contributed by atoms with E-state index >= 15 is 0 Å². The number of methoxy groups -OCH3 is 2. The van der Waals surface area contributed by atoms with Gasteiger partial charge in [0.05, 0.1) is 114 Å². The molecule has 29 nitrogen and oxygen atoms in total. The minimum absolute atomic E-state index is 0.0378. The van der Waals surface area contributed by atoms with E-state index in [1.165, 1.54) is 28.1 Å². The predicted octanol–water partition coefficient (Wildman–Crippen LogP) is 2.56. The summed E-state index contributed by atoms with van der Waals surface area (Å²) in [6, 6.07) is -0.828. The molecule has 39 atom stereocenters. The lowest BCUT2D eigenvalue weighted by Crippen LogP contribution is -2.61. The molecule has 0 aliphatic carbocycles. The number of carbonyl (C=O) groups excluding carboxylic acids is 2. The van der Waals surface area contributed by atoms with E-state index in [1.54, 1.807) is 132 Å². The second-order valence-corrected chi connectivity index (χ2v) is 33.6. The predicted molar refractivity (Wildman–Crippen MR) is 381 cm³/mol. The number of aliphatic hydroxyl groups is 13. The summed E-state index contributed by atoms with van der Waals surface area (Å²) in [5, 5.41) is 152. The molecule has 0 aromatic carbocycles. The Bertz CT molecular complexity index is 2630. The van der Waals surface area contributed by atoms with Crippen molar-refractivity contribution in [1.29, 1.82) is 0 Å². The Labute approximate surface area is 618 Å². The van der Waals surface area contributed by atoms with Crippen molar-refractivity contribution in [2.75, 3.05) is 34.9 Å². The molecule has 6 saturated heterocycles. The number of rotatable bonds is 16. The number of carbonyl (C=O) groups is 2. The zero-order chi connectivity index (χ0) is 79.3. The molecule has 0 bridgehead atoms. The van der Waals surface area contributed by atoms with Gasteiger partial charge in [0.1, 0.15) is 47.8 Å². The first-order valence-corrected chi connectivity index (χ1v) is 38.0. The summed E-state index contributed by atoms with van der Waals surface area (Å²) in [5.41, 5.74) is -9.50. The lowest BCUT2D eigenvalue weighted by Gasteiger charge is -2.49. The zero-order valence-electron chi connectivity index (χ0n) is 66.9. The van der Waals surface area contributed by atoms with Gasteiger partial charge in [0.15, 0.2) is 25.2 Å². The molecule has 0 radical (unpaired) electrons. The molecule has 0 amide bonds. The van der Waals surface area contributed by atoms with Crippen LogP contribution in [0, 0.1) is 47.3 Å². The van der Waals surface area contributed by atoms with E-state index in [4.69, 9.17) is 56.8 Å². The highest BCUT2D eigenvalue weighted by Gasteiger charge is 2.57. The number of aliphatic hydroxyl groups excluding tert-OH is 9. The van der Waals surface area contributed by atoms with Gasteiger partial charge < -0.3 is 129 Å². The SMILES string of the molecule is CC[C@H]1OC(=O)[C@H](C)[C@@H](O[C@H]2C[C@@](C)(OC)[C@@H](O)[C@H](C)O2)[C@H](C)[C@@H](O[C@@H]2O[C@H](C)C[C@H](N(C)C[C@H](C)O)[C@H]2O)[C@](C)(O)C[C@@H](C)[C@H](O)[C@H](C)[C@@H](O)[C@]1(C)O.CC[C@H]1OC(=O)[C@H](C)[C@@H](O[C@H]2C[C@@](C)(OC)[C@@H](O)[C@H](C)O2)[C@H](C)[C@@H](O[C@@H]2O[C@H](C)C[C@H](NC)[C@H]2O)[C@](C)(O)C[C@@H](C)[C@H](O)[C@H](C)[C@@H](O)[C@]1(C)O. The van der Waals surface area contributed by atoms with Crippen LogP contribution in [0.2, 0.25) is 0 Å². The molecule has 6 aliphatic rings. The van der Waals surface area contributed by atoms with Crippen molar-refractivity contribution in [3.05, 3.63) is 0 Å². The fraction of sp³-hybridized carbons (Fsp3) is 0.973. The Kier molecular flexibility index (Phi) is 33.4. The molecule has 6 aliphatic heterocycles. The summed E-state index contributed by atoms with van der Waals surface area (Å²) in [4.78, 5) is 30.1. The summed E-state index contributed by atoms with van der Waals surface area (Å²) in [5.74, 6) is -8.37. The summed E-state index contributed by atoms with van der Waals surface area (Å²) in [6.45, 7) is 35.1. The van der Waals surface area contributed by atoms with Crippen molar-refractivity contribution in [1.82, 2.24) is 10.2 Å². The van der Waals surface area contributed by atoms with E-state index in [-0.39, 0.29) is 63.3 Å². The minimum atomic E-state index is -1.95. The van der Waals surface area contributed by atoms with Crippen LogP contribution in [-0.2, 0) is 66.4 Å². The largest absolute Gasteiger partial charge is 0.459 e. The van der Waals surface area contributed by atoms with Crippen molar-refractivity contribution in [2.24, 2.45) is 47.3 Å². The zero-order valence-corrected chi connectivity index (χ0v) is 66.9. The molecule has 0 aromatic heterocycles. The molecule has 104 heavy (non-hydrogen) atoms. The molecular weight excluding hydrogens is 1360 g/mol. The van der Waals surface area contributed by atoms with Crippen molar-refractivity contribution < 1.29 is 133 Å². The van der Waals surface area contributed by atoms with Gasteiger partial charge in [-0.2, -0.15) is 0 Å². The lowest BCUT2D eigenvalue weighted by molar-refractivity contribution is -0.319. The second kappa shape index (κ2) is 37.5. The van der Waals surface area contributed by atoms with E-state index in [2.05, 4.69) is 5.32 Å². The highest BCUT2D eigenvalue weighted by Crippen LogP contribution is 2.45. The molecule has 612 valence electrons. The Morgan fingerprint density at radius 3 is 1.20 bits per heavy atom. The van der Waals surface area contributed by atoms with E-state index in [1.807, 2.05) is 18.7 Å². The van der Waals surface area contributed by atoms with Crippen LogP contribution in [-0.4, -0.2) is 305 Å². The molecule has 14 N–H and O–H groups in total. The normalized spacial score (nSPS) is 50.7. The number of hydrogen-bond donors (Lipinski definition) is 14. The number of likely N-dealkylation sites (N-methyl/N-ethyl adjacent to an activating group) is 2. The molecule has 6 fully saturated rings. The number of cyclic esters (lactones) is 2. The number of ether oxygens (including phenoxy) is 12. The summed E-state index contributed by atoms with van der Waals surface area (Å²) in [7, 11) is 6.49. The maximum absolute atomic E-state index is 14.2. The highest BCUT2D eigenvalue weighted by atomic mass is 16.7. The third-order valence-corrected chi connectivity index (χ3v) is 24.3. The van der Waals surface area contributed by atoms with Crippen LogP contribution >= 0.6 is 0 Å². The van der Waals surface area contributed by atoms with Crippen molar-refractivity contribution in [3.63, 3.8) is 0 Å². The summed E-state index contributed by atoms with van der Waals surface area (Å²) >= 11 is 0. The van der Waals surface area contributed by atoms with Crippen LogP contribution in [0.4, 0.5) is 0 Å². The van der Waals surface area contributed by atoms with Crippen molar-refractivity contribution in [2.45, 2.75) is 384 Å².